The molecule has 0 fully saturated rings. The Bertz CT molecular complexity index is 1140. The fourth-order valence-corrected chi connectivity index (χ4v) is 2.59. The summed E-state index contributed by atoms with van der Waals surface area (Å²) < 4.78 is 3.92. The number of para-hydroxylation sites is 1. The molecule has 9 nitrogen and oxygen atoms in total. The molecule has 0 radical (unpaired) electrons. The lowest BCUT2D eigenvalue weighted by Crippen LogP contribution is -2.39. The average Bonchev–Trinajstić information content (AvgIpc) is 2.95. The Morgan fingerprint density at radius 3 is 2.69 bits per heavy atom. The lowest BCUT2D eigenvalue weighted by molar-refractivity contribution is 0.474. The monoisotopic (exact) mass is 354 g/mol. The number of imidazole rings is 1. The van der Waals surface area contributed by atoms with Crippen molar-refractivity contribution in [3.05, 3.63) is 63.3 Å². The smallest absolute Gasteiger partial charge is 0.332 e. The average molecular weight is 354 g/mol. The molecule has 0 saturated heterocycles. The molecular formula is C17H18N6O3. The van der Waals surface area contributed by atoms with E-state index in [2.05, 4.69) is 22.1 Å². The number of hydrogen-bond donors (Lipinski definition) is 2. The number of nitrogens with zero attached hydrogens (tertiary/aromatic N) is 5. The van der Waals surface area contributed by atoms with Crippen molar-refractivity contribution < 1.29 is 5.11 Å². The second-order valence-electron chi connectivity index (χ2n) is 5.64. The molecule has 9 heteroatoms. The minimum atomic E-state index is -0.468. The SMILES string of the molecule is C=CCn1c(=O)c2c(nc(NN=Cc3ccccc3O)n2C)n(C)c1=O. The number of phenols is 1. The molecule has 0 unspecified atom stereocenters. The molecule has 0 saturated carbocycles. The maximum Gasteiger partial charge on any atom is 0.332 e. The van der Waals surface area contributed by atoms with E-state index in [1.165, 1.54) is 21.4 Å². The van der Waals surface area contributed by atoms with Gasteiger partial charge in [-0.05, 0) is 12.1 Å². The number of phenolic OH excluding ortho intramolecular Hbond substituents is 1. The van der Waals surface area contributed by atoms with Crippen molar-refractivity contribution in [2.45, 2.75) is 6.54 Å². The van der Waals surface area contributed by atoms with Gasteiger partial charge in [0.1, 0.15) is 5.75 Å². The Morgan fingerprint density at radius 1 is 1.27 bits per heavy atom. The van der Waals surface area contributed by atoms with Gasteiger partial charge in [-0.15, -0.1) is 6.58 Å². The van der Waals surface area contributed by atoms with Gasteiger partial charge in [0, 0.05) is 26.2 Å². The van der Waals surface area contributed by atoms with Crippen LogP contribution in [0.15, 0.2) is 51.6 Å². The van der Waals surface area contributed by atoms with Crippen LogP contribution in [-0.2, 0) is 20.6 Å². The first kappa shape index (κ1) is 17.2. The standard InChI is InChI=1S/C17H18N6O3/c1-4-9-23-15(25)13-14(22(3)17(23)26)19-16(21(13)2)20-18-10-11-7-5-6-8-12(11)24/h4-8,10,24H,1,9H2,2-3H3,(H,19,20). The molecular weight excluding hydrogens is 336 g/mol. The minimum absolute atomic E-state index is 0.0951. The number of fused-ring (bicyclic) bond motifs is 1. The first-order chi connectivity index (χ1) is 12.5. The van der Waals surface area contributed by atoms with E-state index in [9.17, 15) is 14.7 Å². The van der Waals surface area contributed by atoms with Crippen molar-refractivity contribution in [2.75, 3.05) is 5.43 Å². The van der Waals surface area contributed by atoms with Crippen LogP contribution in [0.5, 0.6) is 5.75 Å². The number of aromatic nitrogens is 4. The van der Waals surface area contributed by atoms with Crippen LogP contribution < -0.4 is 16.7 Å². The predicted octanol–water partition coefficient (Wildman–Crippen LogP) is 0.771. The van der Waals surface area contributed by atoms with E-state index in [-0.39, 0.29) is 29.4 Å². The highest BCUT2D eigenvalue weighted by molar-refractivity contribution is 5.83. The predicted molar refractivity (Wildman–Crippen MR) is 99.7 cm³/mol. The van der Waals surface area contributed by atoms with Gasteiger partial charge in [-0.3, -0.25) is 13.9 Å². The molecule has 0 aliphatic carbocycles. The Balaban J connectivity index is 2.05. The quantitative estimate of drug-likeness (QED) is 0.400. The summed E-state index contributed by atoms with van der Waals surface area (Å²) >= 11 is 0. The van der Waals surface area contributed by atoms with Crippen LogP contribution in [-0.4, -0.2) is 30.0 Å². The normalized spacial score (nSPS) is 11.3. The summed E-state index contributed by atoms with van der Waals surface area (Å²) in [5.41, 5.74) is 2.87. The maximum absolute atomic E-state index is 12.6. The number of hydrazone groups is 1. The highest BCUT2D eigenvalue weighted by atomic mass is 16.3. The van der Waals surface area contributed by atoms with Crippen LogP contribution in [0.25, 0.3) is 11.2 Å². The van der Waals surface area contributed by atoms with E-state index in [4.69, 9.17) is 0 Å². The van der Waals surface area contributed by atoms with Gasteiger partial charge in [-0.25, -0.2) is 10.2 Å². The van der Waals surface area contributed by atoms with Gasteiger partial charge < -0.3 is 9.67 Å². The molecule has 0 atom stereocenters. The zero-order valence-electron chi connectivity index (χ0n) is 14.4. The first-order valence-electron chi connectivity index (χ1n) is 7.80. The van der Waals surface area contributed by atoms with Crippen molar-refractivity contribution >= 4 is 23.3 Å². The summed E-state index contributed by atoms with van der Waals surface area (Å²) in [5.74, 6) is 0.382. The largest absolute Gasteiger partial charge is 0.507 e. The molecule has 3 aromatic rings. The van der Waals surface area contributed by atoms with E-state index >= 15 is 0 Å². The maximum atomic E-state index is 12.6. The fraction of sp³-hybridized carbons (Fsp3) is 0.176. The van der Waals surface area contributed by atoms with Gasteiger partial charge in [0.05, 0.1) is 6.21 Å². The highest BCUT2D eigenvalue weighted by Crippen LogP contribution is 2.15. The van der Waals surface area contributed by atoms with E-state index in [0.717, 1.165) is 4.57 Å². The molecule has 2 heterocycles. The van der Waals surface area contributed by atoms with Crippen molar-refractivity contribution in [2.24, 2.45) is 19.2 Å². The van der Waals surface area contributed by atoms with Gasteiger partial charge in [0.2, 0.25) is 5.95 Å². The second kappa shape index (κ2) is 6.71. The van der Waals surface area contributed by atoms with Crippen LogP contribution in [0.2, 0.25) is 0 Å². The molecule has 1 aromatic carbocycles. The third kappa shape index (κ3) is 2.79. The Kier molecular flexibility index (Phi) is 4.44. The Hall–Kier alpha value is -3.62. The van der Waals surface area contributed by atoms with E-state index < -0.39 is 11.2 Å². The fourth-order valence-electron chi connectivity index (χ4n) is 2.59. The molecule has 0 aliphatic heterocycles. The molecule has 0 amide bonds. The second-order valence-corrected chi connectivity index (χ2v) is 5.64. The van der Waals surface area contributed by atoms with E-state index in [1.54, 1.807) is 38.4 Å². The van der Waals surface area contributed by atoms with Gasteiger partial charge in [-0.1, -0.05) is 18.2 Å². The molecule has 134 valence electrons. The summed E-state index contributed by atoms with van der Waals surface area (Å²) in [4.78, 5) is 29.2. The van der Waals surface area contributed by atoms with Crippen LogP contribution in [0.3, 0.4) is 0 Å². The van der Waals surface area contributed by atoms with Gasteiger partial charge in [-0.2, -0.15) is 10.1 Å². The lowest BCUT2D eigenvalue weighted by Gasteiger charge is -2.06. The summed E-state index contributed by atoms with van der Waals surface area (Å²) in [6.07, 6.45) is 2.92. The number of hydrogen-bond acceptors (Lipinski definition) is 6. The molecule has 2 N–H and O–H groups in total. The third-order valence-electron chi connectivity index (χ3n) is 3.98. The van der Waals surface area contributed by atoms with Crippen molar-refractivity contribution in [3.8, 4) is 5.75 Å². The topological polar surface area (TPSA) is 106 Å². The summed E-state index contributed by atoms with van der Waals surface area (Å²) in [5, 5.41) is 13.8. The van der Waals surface area contributed by atoms with Crippen molar-refractivity contribution in [1.82, 2.24) is 18.7 Å². The summed E-state index contributed by atoms with van der Waals surface area (Å²) in [6, 6.07) is 6.73. The lowest BCUT2D eigenvalue weighted by atomic mass is 10.2. The number of aromatic hydroxyl groups is 1. The molecule has 2 aromatic heterocycles. The van der Waals surface area contributed by atoms with Crippen molar-refractivity contribution in [1.29, 1.82) is 0 Å². The Morgan fingerprint density at radius 2 is 2.00 bits per heavy atom. The number of benzene rings is 1. The van der Waals surface area contributed by atoms with Gasteiger partial charge in [0.25, 0.3) is 5.56 Å². The molecule has 26 heavy (non-hydrogen) atoms. The van der Waals surface area contributed by atoms with Crippen LogP contribution in [0, 0.1) is 0 Å². The third-order valence-corrected chi connectivity index (χ3v) is 3.98. The van der Waals surface area contributed by atoms with E-state index in [1.807, 2.05) is 0 Å². The zero-order chi connectivity index (χ0) is 18.8. The minimum Gasteiger partial charge on any atom is -0.507 e. The summed E-state index contributed by atoms with van der Waals surface area (Å²) in [7, 11) is 3.20. The molecule has 0 bridgehead atoms. The van der Waals surface area contributed by atoms with Crippen LogP contribution in [0.4, 0.5) is 5.95 Å². The van der Waals surface area contributed by atoms with Crippen molar-refractivity contribution in [3.63, 3.8) is 0 Å². The van der Waals surface area contributed by atoms with Gasteiger partial charge >= 0.3 is 5.69 Å². The number of aryl methyl sites for hydroxylation is 2. The molecule has 0 spiro atoms. The van der Waals surface area contributed by atoms with Crippen LogP contribution >= 0.6 is 0 Å². The number of rotatable bonds is 5. The zero-order valence-corrected chi connectivity index (χ0v) is 14.4. The number of anilines is 1. The van der Waals surface area contributed by atoms with Gasteiger partial charge in [0.15, 0.2) is 11.2 Å². The molecule has 3 rings (SSSR count). The number of allylic oxidation sites excluding steroid dienone is 1. The van der Waals surface area contributed by atoms with Crippen LogP contribution in [0.1, 0.15) is 5.56 Å². The van der Waals surface area contributed by atoms with E-state index in [0.29, 0.717) is 5.56 Å². The Labute approximate surface area is 148 Å². The molecule has 0 aliphatic rings. The summed E-state index contributed by atoms with van der Waals surface area (Å²) in [6.45, 7) is 3.68. The first-order valence-corrected chi connectivity index (χ1v) is 7.80. The number of nitrogens with one attached hydrogen (secondary N) is 1. The highest BCUT2D eigenvalue weighted by Gasteiger charge is 2.17.